The van der Waals surface area contributed by atoms with Gasteiger partial charge >= 0.3 is 5.97 Å². The lowest BCUT2D eigenvalue weighted by Gasteiger charge is -2.16. The first-order valence-corrected chi connectivity index (χ1v) is 6.63. The molecule has 6 heteroatoms. The predicted molar refractivity (Wildman–Crippen MR) is 78.0 cm³/mol. The van der Waals surface area contributed by atoms with Crippen LogP contribution >= 0.6 is 0 Å². The number of benzene rings is 1. The van der Waals surface area contributed by atoms with Crippen molar-refractivity contribution in [2.24, 2.45) is 7.05 Å². The molecule has 0 aliphatic rings. The number of hydrogen-bond donors (Lipinski definition) is 1. The van der Waals surface area contributed by atoms with Crippen LogP contribution in [0.1, 0.15) is 11.4 Å². The summed E-state index contributed by atoms with van der Waals surface area (Å²) >= 11 is 0. The summed E-state index contributed by atoms with van der Waals surface area (Å²) in [5, 5.41) is 8.55. The van der Waals surface area contributed by atoms with Gasteiger partial charge in [0.1, 0.15) is 11.6 Å². The Morgan fingerprint density at radius 3 is 2.62 bits per heavy atom. The molecular formula is C15H19N3O3. The van der Waals surface area contributed by atoms with Crippen molar-refractivity contribution in [2.75, 3.05) is 13.7 Å². The lowest BCUT2D eigenvalue weighted by atomic mass is 10.2. The highest BCUT2D eigenvalue weighted by molar-refractivity contribution is 5.68. The maximum absolute atomic E-state index is 10.4. The molecule has 1 aromatic heterocycles. The summed E-state index contributed by atoms with van der Waals surface area (Å²) < 4.78 is 7.10. The zero-order chi connectivity index (χ0) is 15.2. The molecule has 0 spiro atoms. The van der Waals surface area contributed by atoms with Gasteiger partial charge in [0.15, 0.2) is 6.61 Å². The molecule has 0 atom stereocenters. The predicted octanol–water partition coefficient (Wildman–Crippen LogP) is 1.52. The van der Waals surface area contributed by atoms with E-state index in [1.165, 1.54) is 0 Å². The fourth-order valence-electron chi connectivity index (χ4n) is 1.99. The van der Waals surface area contributed by atoms with E-state index in [-0.39, 0.29) is 6.61 Å². The molecule has 1 heterocycles. The average Bonchev–Trinajstić information content (AvgIpc) is 2.83. The zero-order valence-corrected chi connectivity index (χ0v) is 12.2. The Morgan fingerprint density at radius 1 is 1.33 bits per heavy atom. The minimum atomic E-state index is -0.978. The number of hydrogen-bond acceptors (Lipinski definition) is 4. The molecule has 2 rings (SSSR count). The van der Waals surface area contributed by atoms with E-state index >= 15 is 0 Å². The molecule has 0 unspecified atom stereocenters. The second-order valence-electron chi connectivity index (χ2n) is 4.95. The number of aryl methyl sites for hydroxylation is 1. The van der Waals surface area contributed by atoms with Gasteiger partial charge in [0.2, 0.25) is 0 Å². The summed E-state index contributed by atoms with van der Waals surface area (Å²) in [4.78, 5) is 16.9. The van der Waals surface area contributed by atoms with Gasteiger partial charge in [0.25, 0.3) is 0 Å². The molecule has 0 saturated carbocycles. The maximum Gasteiger partial charge on any atom is 0.341 e. The van der Waals surface area contributed by atoms with Crippen molar-refractivity contribution < 1.29 is 14.6 Å². The van der Waals surface area contributed by atoms with Crippen molar-refractivity contribution in [2.45, 2.75) is 13.1 Å². The van der Waals surface area contributed by atoms with Gasteiger partial charge in [-0.1, -0.05) is 12.1 Å². The summed E-state index contributed by atoms with van der Waals surface area (Å²) in [5.74, 6) is 0.598. The van der Waals surface area contributed by atoms with Crippen molar-refractivity contribution in [1.29, 1.82) is 0 Å². The number of ether oxygens (including phenoxy) is 1. The second-order valence-corrected chi connectivity index (χ2v) is 4.95. The van der Waals surface area contributed by atoms with E-state index in [4.69, 9.17) is 9.84 Å². The number of carboxylic acids is 1. The number of aromatic nitrogens is 2. The average molecular weight is 289 g/mol. The molecule has 0 aliphatic carbocycles. The minimum absolute atomic E-state index is 0.321. The summed E-state index contributed by atoms with van der Waals surface area (Å²) in [7, 11) is 4.01. The van der Waals surface area contributed by atoms with E-state index in [1.54, 1.807) is 18.3 Å². The van der Waals surface area contributed by atoms with Crippen LogP contribution in [0.3, 0.4) is 0 Å². The van der Waals surface area contributed by atoms with Crippen molar-refractivity contribution >= 4 is 5.97 Å². The molecular weight excluding hydrogens is 270 g/mol. The smallest absolute Gasteiger partial charge is 0.341 e. The van der Waals surface area contributed by atoms with Crippen LogP contribution in [-0.4, -0.2) is 39.2 Å². The first-order chi connectivity index (χ1) is 10.0. The van der Waals surface area contributed by atoms with Gasteiger partial charge in [-0.25, -0.2) is 9.78 Å². The lowest BCUT2D eigenvalue weighted by Crippen LogP contribution is -2.19. The molecule has 0 bridgehead atoms. The monoisotopic (exact) mass is 289 g/mol. The van der Waals surface area contributed by atoms with Gasteiger partial charge in [-0.2, -0.15) is 0 Å². The normalized spacial score (nSPS) is 10.8. The number of rotatable bonds is 7. The largest absolute Gasteiger partial charge is 0.482 e. The van der Waals surface area contributed by atoms with E-state index in [9.17, 15) is 4.79 Å². The number of carboxylic acid groups (broad SMARTS) is 1. The Morgan fingerprint density at radius 2 is 2.05 bits per heavy atom. The van der Waals surface area contributed by atoms with Crippen LogP contribution in [0, 0.1) is 0 Å². The van der Waals surface area contributed by atoms with E-state index in [1.807, 2.05) is 37.0 Å². The highest BCUT2D eigenvalue weighted by Gasteiger charge is 2.06. The number of nitrogens with zero attached hydrogens (tertiary/aromatic N) is 3. The van der Waals surface area contributed by atoms with Crippen molar-refractivity contribution in [3.05, 3.63) is 48.0 Å². The first-order valence-electron chi connectivity index (χ1n) is 6.63. The summed E-state index contributed by atoms with van der Waals surface area (Å²) in [6, 6.07) is 7.44. The van der Waals surface area contributed by atoms with Crippen LogP contribution < -0.4 is 4.74 Å². The van der Waals surface area contributed by atoms with Gasteiger partial charge in [-0.05, 0) is 24.7 Å². The molecule has 0 saturated heterocycles. The summed E-state index contributed by atoms with van der Waals surface area (Å²) in [5.41, 5.74) is 1.13. The van der Waals surface area contributed by atoms with Crippen LogP contribution in [0.25, 0.3) is 0 Å². The van der Waals surface area contributed by atoms with Crippen LogP contribution in [0.4, 0.5) is 0 Å². The van der Waals surface area contributed by atoms with E-state index in [0.717, 1.165) is 24.5 Å². The van der Waals surface area contributed by atoms with E-state index < -0.39 is 5.97 Å². The highest BCUT2D eigenvalue weighted by Crippen LogP contribution is 2.14. The molecule has 0 amide bonds. The van der Waals surface area contributed by atoms with Crippen molar-refractivity contribution in [3.8, 4) is 5.75 Å². The van der Waals surface area contributed by atoms with Crippen LogP contribution in [0.5, 0.6) is 5.75 Å². The fourth-order valence-corrected chi connectivity index (χ4v) is 1.99. The number of imidazole rings is 1. The molecule has 0 fully saturated rings. The van der Waals surface area contributed by atoms with E-state index in [0.29, 0.717) is 5.75 Å². The van der Waals surface area contributed by atoms with Crippen LogP contribution in [0.2, 0.25) is 0 Å². The Bertz CT molecular complexity index is 592. The summed E-state index contributed by atoms with van der Waals surface area (Å²) in [6.07, 6.45) is 3.72. The highest BCUT2D eigenvalue weighted by atomic mass is 16.5. The summed E-state index contributed by atoms with van der Waals surface area (Å²) in [6.45, 7) is 1.23. The Labute approximate surface area is 123 Å². The molecule has 1 N–H and O–H groups in total. The van der Waals surface area contributed by atoms with Crippen LogP contribution in [-0.2, 0) is 24.9 Å². The molecule has 0 aliphatic heterocycles. The molecule has 112 valence electrons. The zero-order valence-electron chi connectivity index (χ0n) is 12.2. The van der Waals surface area contributed by atoms with E-state index in [2.05, 4.69) is 9.88 Å². The number of carbonyl (C=O) groups is 1. The Kier molecular flexibility index (Phi) is 4.94. The molecule has 6 nitrogen and oxygen atoms in total. The fraction of sp³-hybridized carbons (Fsp3) is 0.333. The first kappa shape index (κ1) is 15.1. The molecule has 2 aromatic rings. The second kappa shape index (κ2) is 6.90. The van der Waals surface area contributed by atoms with Gasteiger partial charge in [0.05, 0.1) is 6.54 Å². The standard InChI is InChI=1S/C15H19N3O3/c1-17(10-14-16-7-8-18(14)2)9-12-3-5-13(6-4-12)21-11-15(19)20/h3-8H,9-11H2,1-2H3,(H,19,20). The van der Waals surface area contributed by atoms with Crippen LogP contribution in [0.15, 0.2) is 36.7 Å². The van der Waals surface area contributed by atoms with Gasteiger partial charge < -0.3 is 14.4 Å². The van der Waals surface area contributed by atoms with Gasteiger partial charge in [-0.15, -0.1) is 0 Å². The maximum atomic E-state index is 10.4. The third-order valence-corrected chi connectivity index (χ3v) is 3.07. The lowest BCUT2D eigenvalue weighted by molar-refractivity contribution is -0.139. The molecule has 1 aromatic carbocycles. The Balaban J connectivity index is 1.87. The minimum Gasteiger partial charge on any atom is -0.482 e. The molecule has 21 heavy (non-hydrogen) atoms. The van der Waals surface area contributed by atoms with Crippen molar-refractivity contribution in [3.63, 3.8) is 0 Å². The quantitative estimate of drug-likeness (QED) is 0.837. The topological polar surface area (TPSA) is 67.6 Å². The Hall–Kier alpha value is -2.34. The van der Waals surface area contributed by atoms with Crippen molar-refractivity contribution in [1.82, 2.24) is 14.5 Å². The van der Waals surface area contributed by atoms with Gasteiger partial charge in [0, 0.05) is 26.0 Å². The SMILES string of the molecule is CN(Cc1ccc(OCC(=O)O)cc1)Cc1nccn1C. The third kappa shape index (κ3) is 4.61. The number of aliphatic carboxylic acids is 1. The molecule has 0 radical (unpaired) electrons. The third-order valence-electron chi connectivity index (χ3n) is 3.07. The van der Waals surface area contributed by atoms with Gasteiger partial charge in [-0.3, -0.25) is 4.90 Å².